The van der Waals surface area contributed by atoms with Crippen LogP contribution in [-0.2, 0) is 0 Å². The Morgan fingerprint density at radius 2 is 1.73 bits per heavy atom. The van der Waals surface area contributed by atoms with Gasteiger partial charge in [-0.25, -0.2) is 0 Å². The summed E-state index contributed by atoms with van der Waals surface area (Å²) in [4.78, 5) is 4.97. The van der Waals surface area contributed by atoms with Crippen molar-refractivity contribution in [3.8, 4) is 0 Å². The maximum atomic E-state index is 6.22. The number of rotatable bonds is 3. The summed E-state index contributed by atoms with van der Waals surface area (Å²) in [6.07, 6.45) is 1.04. The van der Waals surface area contributed by atoms with Gasteiger partial charge in [-0.05, 0) is 34.2 Å². The van der Waals surface area contributed by atoms with Crippen LogP contribution in [-0.4, -0.2) is 54.1 Å². The summed E-state index contributed by atoms with van der Waals surface area (Å²) in [6.45, 7) is 12.2. The highest BCUT2D eigenvalue weighted by atomic mass is 15.3. The molecule has 1 rings (SSSR count). The number of likely N-dealkylation sites (N-methyl/N-ethyl adjacent to an activating group) is 1. The van der Waals surface area contributed by atoms with E-state index in [0.29, 0.717) is 12.1 Å². The molecule has 0 bridgehead atoms. The Bertz CT molecular complexity index is 191. The van der Waals surface area contributed by atoms with Gasteiger partial charge in [0.15, 0.2) is 0 Å². The van der Waals surface area contributed by atoms with Gasteiger partial charge in [0.25, 0.3) is 0 Å². The fourth-order valence-electron chi connectivity index (χ4n) is 2.27. The standard InChI is InChI=1S/C12H27N3/c1-6-12(4,13)9-15-7-10(2)14(5)11(3)8-15/h10-11H,6-9,13H2,1-5H3. The van der Waals surface area contributed by atoms with Crippen LogP contribution in [0.4, 0.5) is 0 Å². The zero-order valence-corrected chi connectivity index (χ0v) is 11.0. The van der Waals surface area contributed by atoms with Gasteiger partial charge in [0.05, 0.1) is 0 Å². The van der Waals surface area contributed by atoms with E-state index in [2.05, 4.69) is 44.5 Å². The Balaban J connectivity index is 2.51. The second kappa shape index (κ2) is 4.81. The Labute approximate surface area is 94.6 Å². The lowest BCUT2D eigenvalue weighted by Crippen LogP contribution is -2.59. The monoisotopic (exact) mass is 213 g/mol. The first kappa shape index (κ1) is 12.9. The van der Waals surface area contributed by atoms with Gasteiger partial charge in [0.2, 0.25) is 0 Å². The molecule has 0 amide bonds. The average molecular weight is 213 g/mol. The Kier molecular flexibility index (Phi) is 4.15. The second-order valence-corrected chi connectivity index (χ2v) is 5.57. The van der Waals surface area contributed by atoms with Gasteiger partial charge in [-0.15, -0.1) is 0 Å². The number of nitrogens with zero attached hydrogens (tertiary/aromatic N) is 2. The molecule has 0 radical (unpaired) electrons. The minimum absolute atomic E-state index is 0.0324. The molecule has 3 heteroatoms. The summed E-state index contributed by atoms with van der Waals surface area (Å²) in [5.41, 5.74) is 6.18. The maximum absolute atomic E-state index is 6.22. The first-order valence-corrected chi connectivity index (χ1v) is 6.09. The lowest BCUT2D eigenvalue weighted by atomic mass is 9.98. The largest absolute Gasteiger partial charge is 0.324 e. The number of hydrogen-bond acceptors (Lipinski definition) is 3. The Hall–Kier alpha value is -0.120. The van der Waals surface area contributed by atoms with Crippen LogP contribution in [0.2, 0.25) is 0 Å². The summed E-state index contributed by atoms with van der Waals surface area (Å²) in [5.74, 6) is 0. The Morgan fingerprint density at radius 1 is 1.27 bits per heavy atom. The summed E-state index contributed by atoms with van der Waals surface area (Å²) in [5, 5.41) is 0. The first-order chi connectivity index (χ1) is 6.85. The van der Waals surface area contributed by atoms with Crippen LogP contribution in [0.3, 0.4) is 0 Å². The first-order valence-electron chi connectivity index (χ1n) is 6.09. The smallest absolute Gasteiger partial charge is 0.0252 e. The van der Waals surface area contributed by atoms with Crippen molar-refractivity contribution in [3.63, 3.8) is 0 Å². The van der Waals surface area contributed by atoms with Crippen LogP contribution in [0.25, 0.3) is 0 Å². The van der Waals surface area contributed by atoms with Crippen LogP contribution in [0.1, 0.15) is 34.1 Å². The van der Waals surface area contributed by atoms with E-state index in [9.17, 15) is 0 Å². The highest BCUT2D eigenvalue weighted by Gasteiger charge is 2.29. The van der Waals surface area contributed by atoms with Gasteiger partial charge in [0, 0.05) is 37.3 Å². The summed E-state index contributed by atoms with van der Waals surface area (Å²) in [7, 11) is 2.22. The van der Waals surface area contributed by atoms with Crippen LogP contribution in [0, 0.1) is 0 Å². The number of hydrogen-bond donors (Lipinski definition) is 1. The molecule has 0 aromatic carbocycles. The summed E-state index contributed by atoms with van der Waals surface area (Å²) >= 11 is 0. The van der Waals surface area contributed by atoms with Gasteiger partial charge in [-0.2, -0.15) is 0 Å². The van der Waals surface area contributed by atoms with E-state index in [0.717, 1.165) is 26.1 Å². The molecule has 0 aliphatic carbocycles. The van der Waals surface area contributed by atoms with Crippen molar-refractivity contribution in [3.05, 3.63) is 0 Å². The predicted octanol–water partition coefficient (Wildman–Crippen LogP) is 1.14. The van der Waals surface area contributed by atoms with E-state index < -0.39 is 0 Å². The molecule has 3 unspecified atom stereocenters. The van der Waals surface area contributed by atoms with Crippen molar-refractivity contribution in [2.75, 3.05) is 26.7 Å². The van der Waals surface area contributed by atoms with Crippen molar-refractivity contribution in [1.82, 2.24) is 9.80 Å². The maximum Gasteiger partial charge on any atom is 0.0252 e. The van der Waals surface area contributed by atoms with Gasteiger partial charge in [-0.3, -0.25) is 9.80 Å². The lowest BCUT2D eigenvalue weighted by molar-refractivity contribution is 0.0478. The van der Waals surface area contributed by atoms with E-state index in [1.54, 1.807) is 0 Å². The van der Waals surface area contributed by atoms with Gasteiger partial charge in [0.1, 0.15) is 0 Å². The molecule has 1 saturated heterocycles. The molecule has 0 aromatic heterocycles. The van der Waals surface area contributed by atoms with Crippen LogP contribution in [0.5, 0.6) is 0 Å². The van der Waals surface area contributed by atoms with E-state index in [-0.39, 0.29) is 5.54 Å². The number of nitrogens with two attached hydrogens (primary N) is 1. The van der Waals surface area contributed by atoms with Gasteiger partial charge >= 0.3 is 0 Å². The van der Waals surface area contributed by atoms with Crippen LogP contribution in [0.15, 0.2) is 0 Å². The molecule has 3 atom stereocenters. The zero-order chi connectivity index (χ0) is 11.6. The molecule has 2 N–H and O–H groups in total. The summed E-state index contributed by atoms with van der Waals surface area (Å²) < 4.78 is 0. The third-order valence-corrected chi connectivity index (χ3v) is 3.83. The number of piperazine rings is 1. The van der Waals surface area contributed by atoms with Gasteiger partial charge < -0.3 is 5.73 Å². The molecule has 1 aliphatic heterocycles. The fraction of sp³-hybridized carbons (Fsp3) is 1.00. The molecular weight excluding hydrogens is 186 g/mol. The molecule has 3 nitrogen and oxygen atoms in total. The second-order valence-electron chi connectivity index (χ2n) is 5.57. The topological polar surface area (TPSA) is 32.5 Å². The quantitative estimate of drug-likeness (QED) is 0.763. The van der Waals surface area contributed by atoms with Crippen molar-refractivity contribution >= 4 is 0 Å². The third kappa shape index (κ3) is 3.44. The third-order valence-electron chi connectivity index (χ3n) is 3.83. The van der Waals surface area contributed by atoms with E-state index in [1.807, 2.05) is 0 Å². The highest BCUT2D eigenvalue weighted by Crippen LogP contribution is 2.16. The normalized spacial score (nSPS) is 34.0. The minimum atomic E-state index is -0.0324. The average Bonchev–Trinajstić information content (AvgIpc) is 2.13. The SMILES string of the molecule is CCC(C)(N)CN1CC(C)N(C)C(C)C1. The van der Waals surface area contributed by atoms with Crippen LogP contribution >= 0.6 is 0 Å². The fourth-order valence-corrected chi connectivity index (χ4v) is 2.27. The zero-order valence-electron chi connectivity index (χ0n) is 11.0. The molecule has 0 saturated carbocycles. The van der Waals surface area contributed by atoms with E-state index >= 15 is 0 Å². The summed E-state index contributed by atoms with van der Waals surface area (Å²) in [6, 6.07) is 1.28. The molecule has 0 aromatic rings. The molecule has 1 fully saturated rings. The lowest BCUT2D eigenvalue weighted by Gasteiger charge is -2.44. The molecule has 15 heavy (non-hydrogen) atoms. The molecule has 1 aliphatic rings. The van der Waals surface area contributed by atoms with Crippen molar-refractivity contribution < 1.29 is 0 Å². The predicted molar refractivity (Wildman–Crippen MR) is 66.0 cm³/mol. The molecule has 1 heterocycles. The van der Waals surface area contributed by atoms with Crippen LogP contribution < -0.4 is 5.73 Å². The van der Waals surface area contributed by atoms with E-state index in [4.69, 9.17) is 5.73 Å². The minimum Gasteiger partial charge on any atom is -0.324 e. The van der Waals surface area contributed by atoms with Crippen molar-refractivity contribution in [1.29, 1.82) is 0 Å². The van der Waals surface area contributed by atoms with E-state index in [1.165, 1.54) is 0 Å². The molecule has 0 spiro atoms. The Morgan fingerprint density at radius 3 is 2.13 bits per heavy atom. The van der Waals surface area contributed by atoms with Crippen molar-refractivity contribution in [2.24, 2.45) is 5.73 Å². The highest BCUT2D eigenvalue weighted by molar-refractivity contribution is 4.88. The van der Waals surface area contributed by atoms with Gasteiger partial charge in [-0.1, -0.05) is 6.92 Å². The van der Waals surface area contributed by atoms with Crippen molar-refractivity contribution in [2.45, 2.75) is 51.7 Å². The molecule has 90 valence electrons. The molecular formula is C12H27N3.